The standard InChI is InChI=1S/C17H28N2O3/c1-12(18)6-9-16(20)19-11-17(2,3)13-7-8-14(21-4)15(10-13)22-5/h7-8,10,12H,6,9,11,18H2,1-5H3,(H,19,20). The molecule has 3 N–H and O–H groups in total. The number of benzene rings is 1. The van der Waals surface area contributed by atoms with E-state index in [4.69, 9.17) is 15.2 Å². The van der Waals surface area contributed by atoms with Gasteiger partial charge in [-0.1, -0.05) is 19.9 Å². The van der Waals surface area contributed by atoms with Crippen molar-refractivity contribution in [1.82, 2.24) is 5.32 Å². The highest BCUT2D eigenvalue weighted by molar-refractivity contribution is 5.76. The number of nitrogens with one attached hydrogen (secondary N) is 1. The molecule has 0 fully saturated rings. The Morgan fingerprint density at radius 2 is 1.91 bits per heavy atom. The summed E-state index contributed by atoms with van der Waals surface area (Å²) in [5.74, 6) is 1.42. The SMILES string of the molecule is COc1ccc(C(C)(C)CNC(=O)CCC(C)N)cc1OC. The molecule has 0 spiro atoms. The van der Waals surface area contributed by atoms with E-state index in [2.05, 4.69) is 19.2 Å². The van der Waals surface area contributed by atoms with Crippen molar-refractivity contribution in [2.45, 2.75) is 45.1 Å². The molecule has 0 radical (unpaired) electrons. The zero-order chi connectivity index (χ0) is 16.8. The molecule has 5 heteroatoms. The molecule has 0 aliphatic carbocycles. The minimum atomic E-state index is -0.205. The van der Waals surface area contributed by atoms with Gasteiger partial charge in [-0.2, -0.15) is 0 Å². The third-order valence-electron chi connectivity index (χ3n) is 3.72. The molecule has 0 bridgehead atoms. The maximum Gasteiger partial charge on any atom is 0.220 e. The van der Waals surface area contributed by atoms with Crippen LogP contribution in [0.5, 0.6) is 11.5 Å². The van der Waals surface area contributed by atoms with Gasteiger partial charge in [-0.05, 0) is 31.0 Å². The van der Waals surface area contributed by atoms with E-state index in [9.17, 15) is 4.79 Å². The topological polar surface area (TPSA) is 73.6 Å². The van der Waals surface area contributed by atoms with Crippen LogP contribution in [0.4, 0.5) is 0 Å². The monoisotopic (exact) mass is 308 g/mol. The first kappa shape index (κ1) is 18.3. The number of carbonyl (C=O) groups is 1. The molecule has 0 saturated carbocycles. The van der Waals surface area contributed by atoms with Gasteiger partial charge in [0.1, 0.15) is 0 Å². The van der Waals surface area contributed by atoms with Gasteiger partial charge >= 0.3 is 0 Å². The van der Waals surface area contributed by atoms with Gasteiger partial charge in [-0.3, -0.25) is 4.79 Å². The summed E-state index contributed by atoms with van der Waals surface area (Å²) in [5.41, 5.74) is 6.54. The second-order valence-corrected chi connectivity index (χ2v) is 6.25. The molecule has 0 aromatic heterocycles. The fourth-order valence-electron chi connectivity index (χ4n) is 2.13. The summed E-state index contributed by atoms with van der Waals surface area (Å²) >= 11 is 0. The van der Waals surface area contributed by atoms with Crippen molar-refractivity contribution in [1.29, 1.82) is 0 Å². The van der Waals surface area contributed by atoms with E-state index in [0.717, 1.165) is 5.56 Å². The molecule has 1 unspecified atom stereocenters. The third-order valence-corrected chi connectivity index (χ3v) is 3.72. The molecule has 22 heavy (non-hydrogen) atoms. The Morgan fingerprint density at radius 3 is 2.45 bits per heavy atom. The predicted octanol–water partition coefficient (Wildman–Crippen LogP) is 2.22. The molecule has 1 atom stereocenters. The number of hydrogen-bond acceptors (Lipinski definition) is 4. The molecule has 0 saturated heterocycles. The molecule has 1 rings (SSSR count). The van der Waals surface area contributed by atoms with Gasteiger partial charge in [0.25, 0.3) is 0 Å². The normalized spacial score (nSPS) is 12.6. The highest BCUT2D eigenvalue weighted by Gasteiger charge is 2.23. The molecule has 0 aliphatic heterocycles. The average molecular weight is 308 g/mol. The molecule has 124 valence electrons. The minimum absolute atomic E-state index is 0.0332. The van der Waals surface area contributed by atoms with Crippen LogP contribution in [-0.4, -0.2) is 32.7 Å². The van der Waals surface area contributed by atoms with Crippen LogP contribution in [0.25, 0.3) is 0 Å². The summed E-state index contributed by atoms with van der Waals surface area (Å²) in [7, 11) is 3.23. The second-order valence-electron chi connectivity index (χ2n) is 6.25. The first-order valence-corrected chi connectivity index (χ1v) is 7.55. The number of carbonyl (C=O) groups excluding carboxylic acids is 1. The first-order valence-electron chi connectivity index (χ1n) is 7.55. The maximum absolute atomic E-state index is 11.8. The van der Waals surface area contributed by atoms with Gasteiger partial charge in [0.15, 0.2) is 11.5 Å². The Labute approximate surface area is 133 Å². The van der Waals surface area contributed by atoms with E-state index in [0.29, 0.717) is 30.9 Å². The molecule has 1 amide bonds. The van der Waals surface area contributed by atoms with Crippen molar-refractivity contribution in [2.24, 2.45) is 5.73 Å². The number of hydrogen-bond donors (Lipinski definition) is 2. The molecule has 0 heterocycles. The average Bonchev–Trinajstić information content (AvgIpc) is 2.50. The second kappa shape index (κ2) is 8.03. The van der Waals surface area contributed by atoms with Gasteiger partial charge in [-0.25, -0.2) is 0 Å². The third kappa shape index (κ3) is 5.22. The van der Waals surface area contributed by atoms with E-state index in [1.807, 2.05) is 25.1 Å². The van der Waals surface area contributed by atoms with Crippen LogP contribution >= 0.6 is 0 Å². The quantitative estimate of drug-likeness (QED) is 0.772. The summed E-state index contributed by atoms with van der Waals surface area (Å²) in [6.07, 6.45) is 1.16. The molecular weight excluding hydrogens is 280 g/mol. The highest BCUT2D eigenvalue weighted by atomic mass is 16.5. The maximum atomic E-state index is 11.8. The number of rotatable bonds is 8. The molecule has 1 aromatic rings. The number of ether oxygens (including phenoxy) is 2. The van der Waals surface area contributed by atoms with Crippen LogP contribution in [0.2, 0.25) is 0 Å². The lowest BCUT2D eigenvalue weighted by Crippen LogP contribution is -2.37. The Bertz CT molecular complexity index is 499. The van der Waals surface area contributed by atoms with Crippen molar-refractivity contribution in [2.75, 3.05) is 20.8 Å². The number of nitrogens with two attached hydrogens (primary N) is 1. The van der Waals surface area contributed by atoms with E-state index in [1.54, 1.807) is 14.2 Å². The largest absolute Gasteiger partial charge is 0.493 e. The first-order chi connectivity index (χ1) is 10.3. The van der Waals surface area contributed by atoms with Crippen LogP contribution in [0.3, 0.4) is 0 Å². The molecular formula is C17H28N2O3. The van der Waals surface area contributed by atoms with Gasteiger partial charge in [0, 0.05) is 24.4 Å². The summed E-state index contributed by atoms with van der Waals surface area (Å²) in [5, 5.41) is 2.98. The van der Waals surface area contributed by atoms with Gasteiger partial charge in [-0.15, -0.1) is 0 Å². The van der Waals surface area contributed by atoms with E-state index >= 15 is 0 Å². The molecule has 5 nitrogen and oxygen atoms in total. The van der Waals surface area contributed by atoms with Gasteiger partial charge < -0.3 is 20.5 Å². The van der Waals surface area contributed by atoms with Gasteiger partial charge in [0.05, 0.1) is 14.2 Å². The summed E-state index contributed by atoms with van der Waals surface area (Å²) < 4.78 is 10.6. The predicted molar refractivity (Wildman–Crippen MR) is 88.5 cm³/mol. The smallest absolute Gasteiger partial charge is 0.220 e. The zero-order valence-corrected chi connectivity index (χ0v) is 14.2. The fraction of sp³-hybridized carbons (Fsp3) is 0.588. The van der Waals surface area contributed by atoms with E-state index in [-0.39, 0.29) is 17.4 Å². The van der Waals surface area contributed by atoms with Crippen LogP contribution < -0.4 is 20.5 Å². The lowest BCUT2D eigenvalue weighted by molar-refractivity contribution is -0.121. The minimum Gasteiger partial charge on any atom is -0.493 e. The lowest BCUT2D eigenvalue weighted by Gasteiger charge is -2.26. The summed E-state index contributed by atoms with van der Waals surface area (Å²) in [4.78, 5) is 11.8. The highest BCUT2D eigenvalue weighted by Crippen LogP contribution is 2.32. The van der Waals surface area contributed by atoms with Crippen molar-refractivity contribution < 1.29 is 14.3 Å². The number of amides is 1. The zero-order valence-electron chi connectivity index (χ0n) is 14.2. The van der Waals surface area contributed by atoms with Crippen molar-refractivity contribution in [3.8, 4) is 11.5 Å². The Morgan fingerprint density at radius 1 is 1.27 bits per heavy atom. The molecule has 0 aliphatic rings. The van der Waals surface area contributed by atoms with Crippen LogP contribution in [0.1, 0.15) is 39.2 Å². The fourth-order valence-corrected chi connectivity index (χ4v) is 2.13. The van der Waals surface area contributed by atoms with Crippen LogP contribution in [-0.2, 0) is 10.2 Å². The lowest BCUT2D eigenvalue weighted by atomic mass is 9.84. The summed E-state index contributed by atoms with van der Waals surface area (Å²) in [6.45, 7) is 6.63. The molecule has 1 aromatic carbocycles. The van der Waals surface area contributed by atoms with Crippen LogP contribution in [0.15, 0.2) is 18.2 Å². The Balaban J connectivity index is 2.71. The van der Waals surface area contributed by atoms with E-state index in [1.165, 1.54) is 0 Å². The van der Waals surface area contributed by atoms with Crippen LogP contribution in [0, 0.1) is 0 Å². The van der Waals surface area contributed by atoms with E-state index < -0.39 is 0 Å². The van der Waals surface area contributed by atoms with Crippen molar-refractivity contribution in [3.05, 3.63) is 23.8 Å². The number of methoxy groups -OCH3 is 2. The van der Waals surface area contributed by atoms with Crippen molar-refractivity contribution >= 4 is 5.91 Å². The van der Waals surface area contributed by atoms with Gasteiger partial charge in [0.2, 0.25) is 5.91 Å². The van der Waals surface area contributed by atoms with Crippen molar-refractivity contribution in [3.63, 3.8) is 0 Å². The Hall–Kier alpha value is -1.75. The Kier molecular flexibility index (Phi) is 6.68. The summed E-state index contributed by atoms with van der Waals surface area (Å²) in [6, 6.07) is 5.88.